The zero-order valence-electron chi connectivity index (χ0n) is 13.5. The molecule has 0 aromatic carbocycles. The average Bonchev–Trinajstić information content (AvgIpc) is 2.49. The van der Waals surface area contributed by atoms with Crippen LogP contribution in [-0.4, -0.2) is 31.2 Å². The van der Waals surface area contributed by atoms with E-state index in [9.17, 15) is 18.0 Å². The van der Waals surface area contributed by atoms with Crippen LogP contribution in [0.1, 0.15) is 37.7 Å². The van der Waals surface area contributed by atoms with E-state index in [1.165, 1.54) is 36.1 Å². The van der Waals surface area contributed by atoms with Gasteiger partial charge in [0.1, 0.15) is 5.75 Å². The van der Waals surface area contributed by atoms with Gasteiger partial charge in [0.15, 0.2) is 9.84 Å². The molecule has 1 aromatic rings. The predicted octanol–water partition coefficient (Wildman–Crippen LogP) is 0.997. The summed E-state index contributed by atoms with van der Waals surface area (Å²) in [6.07, 6.45) is 7.33. The molecule has 1 N–H and O–H groups in total. The minimum atomic E-state index is -3.58. The standard InChI is InChI=1S/C16H24N2O4S/c1-18-8-7-14(9-16(18)20)11-23(21,22)12-15(19)17-10-13-5-3-2-4-6-13/h7-9,13H,2-6,10-12H2,1H3,(H,17,19). The van der Waals surface area contributed by atoms with Crippen molar-refractivity contribution in [2.45, 2.75) is 37.9 Å². The average molecular weight is 340 g/mol. The second-order valence-electron chi connectivity index (χ2n) is 6.32. The van der Waals surface area contributed by atoms with Crippen LogP contribution in [0.5, 0.6) is 0 Å². The first-order valence-electron chi connectivity index (χ1n) is 7.98. The number of carbonyl (C=O) groups excluding carboxylic acids is 1. The monoisotopic (exact) mass is 340 g/mol. The van der Waals surface area contributed by atoms with Crippen molar-refractivity contribution in [2.75, 3.05) is 12.3 Å². The normalized spacial score (nSPS) is 16.2. The van der Waals surface area contributed by atoms with Gasteiger partial charge in [-0.25, -0.2) is 8.42 Å². The molecule has 1 aliphatic rings. The Bertz CT molecular complexity index is 703. The minimum Gasteiger partial charge on any atom is -0.355 e. The molecule has 1 aromatic heterocycles. The van der Waals surface area contributed by atoms with Crippen molar-refractivity contribution in [2.24, 2.45) is 13.0 Å². The molecule has 0 unspecified atom stereocenters. The first-order valence-corrected chi connectivity index (χ1v) is 9.80. The fourth-order valence-corrected chi connectivity index (χ4v) is 4.18. The fraction of sp³-hybridized carbons (Fsp3) is 0.625. The fourth-order valence-electron chi connectivity index (χ4n) is 2.88. The van der Waals surface area contributed by atoms with E-state index < -0.39 is 21.5 Å². The number of hydrogen-bond donors (Lipinski definition) is 1. The molecule has 1 aliphatic carbocycles. The first-order chi connectivity index (χ1) is 10.9. The van der Waals surface area contributed by atoms with Gasteiger partial charge in [-0.3, -0.25) is 9.59 Å². The van der Waals surface area contributed by atoms with Gasteiger partial charge < -0.3 is 9.88 Å². The molecule has 2 rings (SSSR count). The van der Waals surface area contributed by atoms with Gasteiger partial charge in [-0.15, -0.1) is 0 Å². The van der Waals surface area contributed by atoms with E-state index >= 15 is 0 Å². The number of carbonyl (C=O) groups is 1. The number of aryl methyl sites for hydroxylation is 1. The summed E-state index contributed by atoms with van der Waals surface area (Å²) in [4.78, 5) is 23.4. The number of amides is 1. The quantitative estimate of drug-likeness (QED) is 0.837. The largest absolute Gasteiger partial charge is 0.355 e. The SMILES string of the molecule is Cn1ccc(CS(=O)(=O)CC(=O)NCC2CCCCC2)cc1=O. The number of aromatic nitrogens is 1. The highest BCUT2D eigenvalue weighted by Gasteiger charge is 2.19. The summed E-state index contributed by atoms with van der Waals surface area (Å²) < 4.78 is 25.5. The summed E-state index contributed by atoms with van der Waals surface area (Å²) in [6.45, 7) is 0.556. The van der Waals surface area contributed by atoms with Crippen molar-refractivity contribution < 1.29 is 13.2 Å². The lowest BCUT2D eigenvalue weighted by Crippen LogP contribution is -2.35. The van der Waals surface area contributed by atoms with Crippen molar-refractivity contribution in [1.29, 1.82) is 0 Å². The van der Waals surface area contributed by atoms with E-state index in [-0.39, 0.29) is 11.3 Å². The number of nitrogens with one attached hydrogen (secondary N) is 1. The van der Waals surface area contributed by atoms with Gasteiger partial charge in [-0.2, -0.15) is 0 Å². The predicted molar refractivity (Wildman–Crippen MR) is 88.8 cm³/mol. The van der Waals surface area contributed by atoms with E-state index in [2.05, 4.69) is 5.32 Å². The molecule has 0 bridgehead atoms. The van der Waals surface area contributed by atoms with E-state index in [0.717, 1.165) is 12.8 Å². The first kappa shape index (κ1) is 17.7. The Hall–Kier alpha value is -1.63. The third kappa shape index (κ3) is 5.82. The van der Waals surface area contributed by atoms with Crippen LogP contribution in [0.2, 0.25) is 0 Å². The zero-order valence-corrected chi connectivity index (χ0v) is 14.3. The van der Waals surface area contributed by atoms with Crippen molar-refractivity contribution in [3.8, 4) is 0 Å². The Morgan fingerprint density at radius 3 is 2.65 bits per heavy atom. The zero-order chi connectivity index (χ0) is 16.9. The molecule has 0 atom stereocenters. The molecule has 0 saturated heterocycles. The molecule has 0 spiro atoms. The van der Waals surface area contributed by atoms with E-state index in [0.29, 0.717) is 18.0 Å². The molecule has 1 amide bonds. The van der Waals surface area contributed by atoms with Crippen LogP contribution >= 0.6 is 0 Å². The lowest BCUT2D eigenvalue weighted by Gasteiger charge is -2.21. The molecule has 1 fully saturated rings. The van der Waals surface area contributed by atoms with Crippen LogP contribution in [0.3, 0.4) is 0 Å². The summed E-state index contributed by atoms with van der Waals surface area (Å²) in [7, 11) is -1.98. The highest BCUT2D eigenvalue weighted by Crippen LogP contribution is 2.22. The van der Waals surface area contributed by atoms with Crippen LogP contribution < -0.4 is 10.9 Å². The molecule has 1 saturated carbocycles. The maximum atomic E-state index is 12.1. The molecule has 6 nitrogen and oxygen atoms in total. The lowest BCUT2D eigenvalue weighted by atomic mass is 9.89. The molecule has 1 heterocycles. The second kappa shape index (κ2) is 7.77. The van der Waals surface area contributed by atoms with Crippen molar-refractivity contribution >= 4 is 15.7 Å². The van der Waals surface area contributed by atoms with E-state index in [4.69, 9.17) is 0 Å². The molecular weight excluding hydrogens is 316 g/mol. The number of hydrogen-bond acceptors (Lipinski definition) is 4. The summed E-state index contributed by atoms with van der Waals surface area (Å²) in [5, 5.41) is 2.73. The highest BCUT2D eigenvalue weighted by atomic mass is 32.2. The van der Waals surface area contributed by atoms with Gasteiger partial charge in [-0.05, 0) is 30.4 Å². The molecule has 0 radical (unpaired) electrons. The summed E-state index contributed by atoms with van der Waals surface area (Å²) >= 11 is 0. The van der Waals surface area contributed by atoms with Crippen molar-refractivity contribution in [3.05, 3.63) is 34.2 Å². The van der Waals surface area contributed by atoms with Crippen LogP contribution in [0.25, 0.3) is 0 Å². The Kier molecular flexibility index (Phi) is 5.98. The second-order valence-corrected chi connectivity index (χ2v) is 8.39. The van der Waals surface area contributed by atoms with E-state index in [1.807, 2.05) is 0 Å². The minimum absolute atomic E-state index is 0.264. The topological polar surface area (TPSA) is 85.2 Å². The van der Waals surface area contributed by atoms with Crippen molar-refractivity contribution in [3.63, 3.8) is 0 Å². The van der Waals surface area contributed by atoms with Crippen LogP contribution in [0, 0.1) is 5.92 Å². The summed E-state index contributed by atoms with van der Waals surface area (Å²) in [5.74, 6) is -0.818. The molecule has 128 valence electrons. The molecule has 7 heteroatoms. The van der Waals surface area contributed by atoms with Gasteiger partial charge >= 0.3 is 0 Å². The molecule has 0 aliphatic heterocycles. The maximum Gasteiger partial charge on any atom is 0.250 e. The Balaban J connectivity index is 1.85. The third-order valence-corrected chi connectivity index (χ3v) is 5.69. The van der Waals surface area contributed by atoms with Crippen LogP contribution in [0.15, 0.2) is 23.1 Å². The summed E-state index contributed by atoms with van der Waals surface area (Å²) in [6, 6.07) is 2.87. The van der Waals surface area contributed by atoms with Gasteiger partial charge in [0.25, 0.3) is 5.56 Å². The Morgan fingerprint density at radius 1 is 1.30 bits per heavy atom. The third-order valence-electron chi connectivity index (χ3n) is 4.22. The van der Waals surface area contributed by atoms with E-state index in [1.54, 1.807) is 13.1 Å². The van der Waals surface area contributed by atoms with Crippen molar-refractivity contribution in [1.82, 2.24) is 9.88 Å². The Labute approximate surface area is 136 Å². The lowest BCUT2D eigenvalue weighted by molar-refractivity contribution is -0.118. The number of pyridine rings is 1. The highest BCUT2D eigenvalue weighted by molar-refractivity contribution is 7.91. The van der Waals surface area contributed by atoms with Gasteiger partial charge in [0.2, 0.25) is 5.91 Å². The number of rotatable bonds is 6. The van der Waals surface area contributed by atoms with Gasteiger partial charge in [0, 0.05) is 25.9 Å². The smallest absolute Gasteiger partial charge is 0.250 e. The molecular formula is C16H24N2O4S. The van der Waals surface area contributed by atoms with Gasteiger partial charge in [0.05, 0.1) is 5.75 Å². The van der Waals surface area contributed by atoms with Crippen LogP contribution in [-0.2, 0) is 27.4 Å². The van der Waals surface area contributed by atoms with Crippen LogP contribution in [0.4, 0.5) is 0 Å². The van der Waals surface area contributed by atoms with Gasteiger partial charge in [-0.1, -0.05) is 19.3 Å². The number of sulfone groups is 1. The number of nitrogens with zero attached hydrogens (tertiary/aromatic N) is 1. The summed E-state index contributed by atoms with van der Waals surface area (Å²) in [5.41, 5.74) is 0.146. The maximum absolute atomic E-state index is 12.1. The molecule has 23 heavy (non-hydrogen) atoms. The Morgan fingerprint density at radius 2 is 2.00 bits per heavy atom.